The summed E-state index contributed by atoms with van der Waals surface area (Å²) in [6, 6.07) is 8.49. The number of likely N-dealkylation sites (N-methyl/N-ethyl adjacent to an activating group) is 1. The first-order chi connectivity index (χ1) is 9.83. The van der Waals surface area contributed by atoms with Crippen LogP contribution in [0.4, 0.5) is 5.69 Å². The van der Waals surface area contributed by atoms with Crippen molar-refractivity contribution in [2.75, 3.05) is 51.2 Å². The van der Waals surface area contributed by atoms with E-state index in [1.807, 2.05) is 0 Å². The Morgan fingerprint density at radius 2 is 1.95 bits per heavy atom. The quantitative estimate of drug-likeness (QED) is 0.906. The number of rotatable bonds is 3. The number of nitrogens with one attached hydrogen (secondary N) is 1. The molecule has 1 aromatic rings. The van der Waals surface area contributed by atoms with Gasteiger partial charge >= 0.3 is 0 Å². The zero-order chi connectivity index (χ0) is 13.8. The fourth-order valence-corrected chi connectivity index (χ4v) is 3.12. The van der Waals surface area contributed by atoms with E-state index < -0.39 is 0 Å². The third-order valence-electron chi connectivity index (χ3n) is 4.20. The molecule has 2 aliphatic heterocycles. The van der Waals surface area contributed by atoms with E-state index in [1.165, 1.54) is 25.1 Å². The van der Waals surface area contributed by atoms with E-state index >= 15 is 0 Å². The largest absolute Gasteiger partial charge is 0.487 e. The smallest absolute Gasteiger partial charge is 0.143 e. The van der Waals surface area contributed by atoms with Crippen LogP contribution in [-0.2, 0) is 0 Å². The number of hydrogen-bond acceptors (Lipinski definition) is 4. The lowest BCUT2D eigenvalue weighted by atomic mass is 10.1. The van der Waals surface area contributed by atoms with Crippen molar-refractivity contribution in [1.82, 2.24) is 10.2 Å². The second-order valence-electron chi connectivity index (χ2n) is 5.85. The Balaban J connectivity index is 1.71. The van der Waals surface area contributed by atoms with Gasteiger partial charge in [-0.3, -0.25) is 0 Å². The highest BCUT2D eigenvalue weighted by Gasteiger charge is 2.21. The Morgan fingerprint density at radius 1 is 1.15 bits per heavy atom. The van der Waals surface area contributed by atoms with Gasteiger partial charge in [0.2, 0.25) is 0 Å². The molecule has 0 bridgehead atoms. The first kappa shape index (κ1) is 13.7. The fourth-order valence-electron chi connectivity index (χ4n) is 3.12. The van der Waals surface area contributed by atoms with Gasteiger partial charge < -0.3 is 19.9 Å². The van der Waals surface area contributed by atoms with Crippen LogP contribution in [0.15, 0.2) is 24.3 Å². The second-order valence-corrected chi connectivity index (χ2v) is 5.85. The summed E-state index contributed by atoms with van der Waals surface area (Å²) < 4.78 is 6.31. The minimum atomic E-state index is 0.331. The summed E-state index contributed by atoms with van der Waals surface area (Å²) in [4.78, 5) is 4.79. The molecule has 0 aliphatic carbocycles. The molecule has 110 valence electrons. The molecule has 2 aliphatic rings. The minimum Gasteiger partial charge on any atom is -0.487 e. The highest BCUT2D eigenvalue weighted by atomic mass is 16.5. The predicted molar refractivity (Wildman–Crippen MR) is 82.7 cm³/mol. The van der Waals surface area contributed by atoms with Gasteiger partial charge in [0, 0.05) is 32.7 Å². The van der Waals surface area contributed by atoms with Crippen molar-refractivity contribution in [3.05, 3.63) is 24.3 Å². The zero-order valence-electron chi connectivity index (χ0n) is 12.3. The maximum atomic E-state index is 6.31. The molecular weight excluding hydrogens is 250 g/mol. The molecule has 0 spiro atoms. The van der Waals surface area contributed by atoms with Crippen LogP contribution in [0, 0.1) is 0 Å². The molecule has 0 aromatic heterocycles. The molecule has 1 atom stereocenters. The van der Waals surface area contributed by atoms with Crippen LogP contribution < -0.4 is 15.0 Å². The van der Waals surface area contributed by atoms with Crippen molar-refractivity contribution in [3.63, 3.8) is 0 Å². The number of piperidine rings is 1. The lowest BCUT2D eigenvalue weighted by molar-refractivity contribution is 0.104. The van der Waals surface area contributed by atoms with E-state index in [-0.39, 0.29) is 0 Å². The Morgan fingerprint density at radius 3 is 2.75 bits per heavy atom. The van der Waals surface area contributed by atoms with Gasteiger partial charge in [0.1, 0.15) is 11.9 Å². The van der Waals surface area contributed by atoms with Crippen molar-refractivity contribution >= 4 is 5.69 Å². The van der Waals surface area contributed by atoms with Gasteiger partial charge in [-0.2, -0.15) is 0 Å². The van der Waals surface area contributed by atoms with Crippen molar-refractivity contribution in [2.45, 2.75) is 18.9 Å². The van der Waals surface area contributed by atoms with Crippen molar-refractivity contribution in [2.24, 2.45) is 0 Å². The number of anilines is 1. The molecule has 1 unspecified atom stereocenters. The van der Waals surface area contributed by atoms with Crippen molar-refractivity contribution < 1.29 is 4.74 Å². The number of benzene rings is 1. The number of hydrogen-bond donors (Lipinski definition) is 1. The molecule has 0 radical (unpaired) electrons. The Hall–Kier alpha value is -1.26. The third kappa shape index (κ3) is 3.25. The SMILES string of the molecule is CN1CCCC(Oc2ccccc2N2CCNCC2)C1. The number of para-hydroxylation sites is 2. The normalized spacial score (nSPS) is 24.6. The maximum Gasteiger partial charge on any atom is 0.143 e. The fraction of sp³-hybridized carbons (Fsp3) is 0.625. The molecule has 1 N–H and O–H groups in total. The summed E-state index contributed by atoms with van der Waals surface area (Å²) in [5.74, 6) is 1.05. The van der Waals surface area contributed by atoms with Gasteiger partial charge in [0.15, 0.2) is 0 Å². The van der Waals surface area contributed by atoms with E-state index in [2.05, 4.69) is 46.4 Å². The summed E-state index contributed by atoms with van der Waals surface area (Å²) >= 11 is 0. The van der Waals surface area contributed by atoms with Crippen LogP contribution in [0.2, 0.25) is 0 Å². The molecule has 0 saturated carbocycles. The maximum absolute atomic E-state index is 6.31. The summed E-state index contributed by atoms with van der Waals surface area (Å²) in [6.07, 6.45) is 2.73. The molecule has 2 heterocycles. The molecule has 4 nitrogen and oxygen atoms in total. The van der Waals surface area contributed by atoms with Crippen molar-refractivity contribution in [1.29, 1.82) is 0 Å². The first-order valence-electron chi connectivity index (χ1n) is 7.73. The predicted octanol–water partition coefficient (Wildman–Crippen LogP) is 1.57. The second kappa shape index (κ2) is 6.46. The zero-order valence-corrected chi connectivity index (χ0v) is 12.3. The van der Waals surface area contributed by atoms with E-state index in [0.29, 0.717) is 6.10 Å². The van der Waals surface area contributed by atoms with Crippen LogP contribution in [0.25, 0.3) is 0 Å². The molecule has 0 amide bonds. The molecule has 4 heteroatoms. The monoisotopic (exact) mass is 275 g/mol. The van der Waals surface area contributed by atoms with Gasteiger partial charge in [-0.15, -0.1) is 0 Å². The number of nitrogens with zero attached hydrogens (tertiary/aromatic N) is 2. The molecule has 2 saturated heterocycles. The lowest BCUT2D eigenvalue weighted by Crippen LogP contribution is -2.44. The van der Waals surface area contributed by atoms with E-state index in [1.54, 1.807) is 0 Å². The number of piperazine rings is 1. The first-order valence-corrected chi connectivity index (χ1v) is 7.73. The molecule has 3 rings (SSSR count). The highest BCUT2D eigenvalue weighted by Crippen LogP contribution is 2.30. The minimum absolute atomic E-state index is 0.331. The lowest BCUT2D eigenvalue weighted by Gasteiger charge is -2.34. The number of likely N-dealkylation sites (tertiary alicyclic amines) is 1. The molecule has 20 heavy (non-hydrogen) atoms. The Bertz CT molecular complexity index is 431. The Labute approximate surface area is 121 Å². The summed E-state index contributed by atoms with van der Waals surface area (Å²) in [6.45, 7) is 6.46. The van der Waals surface area contributed by atoms with Gasteiger partial charge in [-0.05, 0) is 38.6 Å². The summed E-state index contributed by atoms with van der Waals surface area (Å²) in [5, 5.41) is 3.40. The molecular formula is C16H25N3O. The van der Waals surface area contributed by atoms with Crippen LogP contribution in [0.3, 0.4) is 0 Å². The van der Waals surface area contributed by atoms with Gasteiger partial charge in [0.25, 0.3) is 0 Å². The van der Waals surface area contributed by atoms with Gasteiger partial charge in [-0.25, -0.2) is 0 Å². The Kier molecular flexibility index (Phi) is 4.43. The van der Waals surface area contributed by atoms with Crippen molar-refractivity contribution in [3.8, 4) is 5.75 Å². The average molecular weight is 275 g/mol. The van der Waals surface area contributed by atoms with Gasteiger partial charge in [-0.1, -0.05) is 12.1 Å². The van der Waals surface area contributed by atoms with Gasteiger partial charge in [0.05, 0.1) is 5.69 Å². The molecule has 2 fully saturated rings. The highest BCUT2D eigenvalue weighted by molar-refractivity contribution is 5.58. The van der Waals surface area contributed by atoms with Crippen LogP contribution >= 0.6 is 0 Å². The van der Waals surface area contributed by atoms with Crippen LogP contribution in [0.1, 0.15) is 12.8 Å². The van der Waals surface area contributed by atoms with E-state index in [9.17, 15) is 0 Å². The average Bonchev–Trinajstić information content (AvgIpc) is 2.49. The summed E-state index contributed by atoms with van der Waals surface area (Å²) in [7, 11) is 2.18. The van der Waals surface area contributed by atoms with E-state index in [0.717, 1.165) is 38.5 Å². The van der Waals surface area contributed by atoms with E-state index in [4.69, 9.17) is 4.74 Å². The van der Waals surface area contributed by atoms with Crippen LogP contribution in [0.5, 0.6) is 5.75 Å². The molecule has 1 aromatic carbocycles. The topological polar surface area (TPSA) is 27.7 Å². The van der Waals surface area contributed by atoms with Crippen LogP contribution in [-0.4, -0.2) is 57.3 Å². The summed E-state index contributed by atoms with van der Waals surface area (Å²) in [5.41, 5.74) is 1.25. The standard InChI is InChI=1S/C16H25N3O/c1-18-10-4-5-14(13-18)20-16-7-3-2-6-15(16)19-11-8-17-9-12-19/h2-3,6-7,14,17H,4-5,8-13H2,1H3. The third-order valence-corrected chi connectivity index (χ3v) is 4.20. The number of ether oxygens (including phenoxy) is 1.